The van der Waals surface area contributed by atoms with Crippen molar-refractivity contribution >= 4 is 22.1 Å². The van der Waals surface area contributed by atoms with E-state index >= 15 is 0 Å². The van der Waals surface area contributed by atoms with Crippen LogP contribution in [0.3, 0.4) is 0 Å². The Morgan fingerprint density at radius 1 is 1.43 bits per heavy atom. The molecule has 2 aromatic heterocycles. The van der Waals surface area contributed by atoms with E-state index in [9.17, 15) is 10.1 Å². The number of rotatable bonds is 4. The first-order chi connectivity index (χ1) is 10.2. The monoisotopic (exact) mass is 295 g/mol. The predicted octanol–water partition coefficient (Wildman–Crippen LogP) is 2.99. The van der Waals surface area contributed by atoms with Crippen molar-refractivity contribution in [3.8, 4) is 6.07 Å². The maximum atomic E-state index is 12.2. The number of hydrogen-bond donors (Lipinski definition) is 0. The number of fused-ring (bicyclic) bond motifs is 1. The number of nitriles is 1. The second kappa shape index (κ2) is 5.15. The summed E-state index contributed by atoms with van der Waals surface area (Å²) in [4.78, 5) is 17.6. The van der Waals surface area contributed by atoms with Gasteiger partial charge in [0.05, 0.1) is 11.8 Å². The fourth-order valence-corrected chi connectivity index (χ4v) is 3.19. The number of benzene rings is 1. The normalized spacial score (nSPS) is 13.7. The van der Waals surface area contributed by atoms with Crippen molar-refractivity contribution in [2.24, 2.45) is 0 Å². The van der Waals surface area contributed by atoms with Gasteiger partial charge >= 0.3 is 0 Å². The molecule has 1 aromatic carbocycles. The van der Waals surface area contributed by atoms with E-state index in [4.69, 9.17) is 0 Å². The number of carbonyl (C=O) groups excluding carboxylic acids is 1. The van der Waals surface area contributed by atoms with Gasteiger partial charge in [-0.2, -0.15) is 5.26 Å². The molecule has 2 heterocycles. The van der Waals surface area contributed by atoms with E-state index in [0.29, 0.717) is 0 Å². The smallest absolute Gasteiger partial charge is 0.193 e. The average molecular weight is 295 g/mol. The lowest BCUT2D eigenvalue weighted by molar-refractivity contribution is -0.120. The molecule has 21 heavy (non-hydrogen) atoms. The molecule has 5 heteroatoms. The Morgan fingerprint density at radius 3 is 2.81 bits per heavy atom. The molecule has 1 atom stereocenters. The van der Waals surface area contributed by atoms with Crippen LogP contribution in [0.2, 0.25) is 0 Å². The van der Waals surface area contributed by atoms with Crippen LogP contribution in [0, 0.1) is 11.3 Å². The number of carbonyl (C=O) groups is 1. The maximum Gasteiger partial charge on any atom is 0.193 e. The van der Waals surface area contributed by atoms with Crippen molar-refractivity contribution in [3.05, 3.63) is 59.4 Å². The van der Waals surface area contributed by atoms with Crippen molar-refractivity contribution in [2.75, 3.05) is 0 Å². The Kier molecular flexibility index (Phi) is 3.32. The van der Waals surface area contributed by atoms with Gasteiger partial charge in [0, 0.05) is 24.2 Å². The Hall–Kier alpha value is -2.45. The fourth-order valence-electron chi connectivity index (χ4n) is 2.47. The molecule has 0 aliphatic rings. The molecule has 0 bridgehead atoms. The lowest BCUT2D eigenvalue weighted by Crippen LogP contribution is -2.35. The zero-order chi connectivity index (χ0) is 14.9. The fraction of sp³-hybridized carbons (Fsp3) is 0.188. The van der Waals surface area contributed by atoms with Crippen molar-refractivity contribution in [2.45, 2.75) is 18.8 Å². The first-order valence-corrected chi connectivity index (χ1v) is 7.42. The van der Waals surface area contributed by atoms with Gasteiger partial charge < -0.3 is 0 Å². The first kappa shape index (κ1) is 13.5. The van der Waals surface area contributed by atoms with Gasteiger partial charge in [-0.3, -0.25) is 9.20 Å². The second-order valence-corrected chi connectivity index (χ2v) is 5.81. The van der Waals surface area contributed by atoms with Gasteiger partial charge in [-0.05, 0) is 12.5 Å². The molecule has 0 saturated carbocycles. The predicted molar refractivity (Wildman–Crippen MR) is 81.2 cm³/mol. The van der Waals surface area contributed by atoms with Gasteiger partial charge in [-0.15, -0.1) is 11.3 Å². The van der Waals surface area contributed by atoms with Gasteiger partial charge in [0.1, 0.15) is 5.41 Å². The molecular formula is C16H13N3OS. The summed E-state index contributed by atoms with van der Waals surface area (Å²) < 4.78 is 1.91. The molecule has 0 N–H and O–H groups in total. The van der Waals surface area contributed by atoms with Crippen molar-refractivity contribution in [1.82, 2.24) is 9.38 Å². The third kappa shape index (κ3) is 2.24. The maximum absolute atomic E-state index is 12.2. The Balaban J connectivity index is 2.06. The van der Waals surface area contributed by atoms with Crippen LogP contribution in [-0.4, -0.2) is 15.2 Å². The summed E-state index contributed by atoms with van der Waals surface area (Å²) in [6, 6.07) is 11.4. The van der Waals surface area contributed by atoms with Crippen LogP contribution in [0.4, 0.5) is 0 Å². The van der Waals surface area contributed by atoms with E-state index in [1.54, 1.807) is 0 Å². The highest BCUT2D eigenvalue weighted by Gasteiger charge is 2.38. The number of thiazole rings is 1. The molecule has 0 saturated heterocycles. The quantitative estimate of drug-likeness (QED) is 0.743. The minimum Gasteiger partial charge on any atom is -0.298 e. The van der Waals surface area contributed by atoms with Crippen LogP contribution in [0.5, 0.6) is 0 Å². The highest BCUT2D eigenvalue weighted by molar-refractivity contribution is 7.15. The molecule has 0 radical (unpaired) electrons. The van der Waals surface area contributed by atoms with Crippen LogP contribution in [-0.2, 0) is 16.6 Å². The molecule has 104 valence electrons. The van der Waals surface area contributed by atoms with Gasteiger partial charge in [-0.25, -0.2) is 4.98 Å². The molecule has 0 aliphatic heterocycles. The van der Waals surface area contributed by atoms with Crippen molar-refractivity contribution in [3.63, 3.8) is 0 Å². The standard InChI is InChI=1S/C16H13N3OS/c1-12(20)16(11-17,13-5-3-2-4-6-13)9-14-10-19-7-8-21-15(19)18-14/h2-8,10H,9H2,1H3. The minimum atomic E-state index is -1.18. The largest absolute Gasteiger partial charge is 0.298 e. The van der Waals surface area contributed by atoms with Crippen LogP contribution in [0.15, 0.2) is 48.1 Å². The summed E-state index contributed by atoms with van der Waals surface area (Å²) >= 11 is 1.53. The molecular weight excluding hydrogens is 282 g/mol. The molecule has 0 fully saturated rings. The number of Topliss-reactive ketones (excluding diaryl/α,β-unsaturated/α-hetero) is 1. The zero-order valence-electron chi connectivity index (χ0n) is 11.5. The topological polar surface area (TPSA) is 58.2 Å². The lowest BCUT2D eigenvalue weighted by Gasteiger charge is -2.23. The first-order valence-electron chi connectivity index (χ1n) is 6.54. The van der Waals surface area contributed by atoms with Crippen LogP contribution < -0.4 is 0 Å². The number of aromatic nitrogens is 2. The number of imidazole rings is 1. The zero-order valence-corrected chi connectivity index (χ0v) is 12.3. The molecule has 0 aliphatic carbocycles. The number of nitrogens with zero attached hydrogens (tertiary/aromatic N) is 3. The molecule has 1 unspecified atom stereocenters. The van der Waals surface area contributed by atoms with E-state index in [-0.39, 0.29) is 12.2 Å². The van der Waals surface area contributed by atoms with Gasteiger partial charge in [0.15, 0.2) is 10.7 Å². The molecule has 3 aromatic rings. The Bertz CT molecular complexity index is 799. The summed E-state index contributed by atoms with van der Waals surface area (Å²) in [6.07, 6.45) is 4.09. The third-order valence-corrected chi connectivity index (χ3v) is 4.42. The van der Waals surface area contributed by atoms with Crippen LogP contribution in [0.1, 0.15) is 18.2 Å². The SMILES string of the molecule is CC(=O)C(C#N)(Cc1cn2ccsc2n1)c1ccccc1. The van der Waals surface area contributed by atoms with E-state index < -0.39 is 5.41 Å². The summed E-state index contributed by atoms with van der Waals surface area (Å²) in [5, 5.41) is 11.6. The van der Waals surface area contributed by atoms with E-state index in [2.05, 4.69) is 11.1 Å². The summed E-state index contributed by atoms with van der Waals surface area (Å²) in [6.45, 7) is 1.47. The molecule has 0 spiro atoms. The highest BCUT2D eigenvalue weighted by Crippen LogP contribution is 2.29. The van der Waals surface area contributed by atoms with Gasteiger partial charge in [-0.1, -0.05) is 30.3 Å². The number of ketones is 1. The molecule has 4 nitrogen and oxygen atoms in total. The Morgan fingerprint density at radius 2 is 2.19 bits per heavy atom. The van der Waals surface area contributed by atoms with Crippen LogP contribution in [0.25, 0.3) is 4.96 Å². The van der Waals surface area contributed by atoms with Crippen molar-refractivity contribution < 1.29 is 4.79 Å². The van der Waals surface area contributed by atoms with E-state index in [1.165, 1.54) is 18.3 Å². The summed E-state index contributed by atoms with van der Waals surface area (Å²) in [5.74, 6) is -0.160. The third-order valence-electron chi connectivity index (χ3n) is 3.65. The van der Waals surface area contributed by atoms with Gasteiger partial charge in [0.2, 0.25) is 0 Å². The molecule has 3 rings (SSSR count). The average Bonchev–Trinajstić information content (AvgIpc) is 3.06. The Labute approximate surface area is 126 Å². The van der Waals surface area contributed by atoms with E-state index in [0.717, 1.165) is 16.2 Å². The van der Waals surface area contributed by atoms with Crippen molar-refractivity contribution in [1.29, 1.82) is 5.26 Å². The number of hydrogen-bond acceptors (Lipinski definition) is 4. The highest BCUT2D eigenvalue weighted by atomic mass is 32.1. The summed E-state index contributed by atoms with van der Waals surface area (Å²) in [7, 11) is 0. The lowest BCUT2D eigenvalue weighted by atomic mass is 9.75. The summed E-state index contributed by atoms with van der Waals surface area (Å²) in [5.41, 5.74) is 0.296. The second-order valence-electron chi connectivity index (χ2n) is 4.94. The molecule has 0 amide bonds. The minimum absolute atomic E-state index is 0.160. The van der Waals surface area contributed by atoms with Crippen LogP contribution >= 0.6 is 11.3 Å². The van der Waals surface area contributed by atoms with Gasteiger partial charge in [0.25, 0.3) is 0 Å². The van der Waals surface area contributed by atoms with E-state index in [1.807, 2.05) is 52.5 Å².